The van der Waals surface area contributed by atoms with Gasteiger partial charge in [0.15, 0.2) is 0 Å². The Kier molecular flexibility index (Phi) is 4.83. The summed E-state index contributed by atoms with van der Waals surface area (Å²) in [6, 6.07) is 3.41. The van der Waals surface area contributed by atoms with E-state index in [1.165, 1.54) is 12.1 Å². The molecule has 0 aliphatic carbocycles. The lowest BCUT2D eigenvalue weighted by Crippen LogP contribution is -2.21. The molecule has 1 rings (SSSR count). The Hall–Kier alpha value is -1.91. The number of carboxylic acid groups (broad SMARTS) is 1. The van der Waals surface area contributed by atoms with Crippen LogP contribution >= 0.6 is 0 Å². The SMILES string of the molecule is CCCC(C)C(=O)Nc1ccc(C(=O)O)cc1F. The summed E-state index contributed by atoms with van der Waals surface area (Å²) in [6.45, 7) is 3.73. The van der Waals surface area contributed by atoms with Crippen molar-refractivity contribution in [3.8, 4) is 0 Å². The van der Waals surface area contributed by atoms with Gasteiger partial charge in [0.05, 0.1) is 11.3 Å². The monoisotopic (exact) mass is 253 g/mol. The molecule has 1 atom stereocenters. The number of hydrogen-bond donors (Lipinski definition) is 2. The van der Waals surface area contributed by atoms with Crippen molar-refractivity contribution in [1.29, 1.82) is 0 Å². The van der Waals surface area contributed by atoms with Crippen molar-refractivity contribution in [1.82, 2.24) is 0 Å². The standard InChI is InChI=1S/C13H16FNO3/c1-3-4-8(2)12(16)15-11-6-5-9(13(17)18)7-10(11)14/h5-8H,3-4H2,1-2H3,(H,15,16)(H,17,18). The van der Waals surface area contributed by atoms with E-state index in [0.29, 0.717) is 0 Å². The van der Waals surface area contributed by atoms with Crippen LogP contribution in [0.1, 0.15) is 37.0 Å². The summed E-state index contributed by atoms with van der Waals surface area (Å²) >= 11 is 0. The van der Waals surface area contributed by atoms with Gasteiger partial charge in [0.2, 0.25) is 5.91 Å². The number of hydrogen-bond acceptors (Lipinski definition) is 2. The summed E-state index contributed by atoms with van der Waals surface area (Å²) < 4.78 is 13.5. The lowest BCUT2D eigenvalue weighted by molar-refractivity contribution is -0.119. The maximum absolute atomic E-state index is 13.5. The normalized spacial score (nSPS) is 11.9. The van der Waals surface area contributed by atoms with Gasteiger partial charge in [-0.1, -0.05) is 20.3 Å². The maximum Gasteiger partial charge on any atom is 0.335 e. The van der Waals surface area contributed by atoms with Crippen LogP contribution in [-0.4, -0.2) is 17.0 Å². The summed E-state index contributed by atoms with van der Waals surface area (Å²) in [4.78, 5) is 22.3. The van der Waals surface area contributed by atoms with E-state index in [2.05, 4.69) is 5.32 Å². The number of amides is 1. The fourth-order valence-electron chi connectivity index (χ4n) is 1.57. The van der Waals surface area contributed by atoms with Gasteiger partial charge in [-0.25, -0.2) is 9.18 Å². The molecule has 1 amide bonds. The van der Waals surface area contributed by atoms with E-state index in [1.807, 2.05) is 6.92 Å². The largest absolute Gasteiger partial charge is 0.478 e. The molecule has 0 saturated heterocycles. The second-order valence-corrected chi connectivity index (χ2v) is 4.18. The summed E-state index contributed by atoms with van der Waals surface area (Å²) in [6.07, 6.45) is 1.59. The van der Waals surface area contributed by atoms with E-state index >= 15 is 0 Å². The van der Waals surface area contributed by atoms with Gasteiger partial charge in [-0.05, 0) is 24.6 Å². The molecule has 0 bridgehead atoms. The van der Waals surface area contributed by atoms with Crippen LogP contribution in [0.3, 0.4) is 0 Å². The van der Waals surface area contributed by atoms with E-state index in [9.17, 15) is 14.0 Å². The Balaban J connectivity index is 2.79. The Morgan fingerprint density at radius 1 is 1.44 bits per heavy atom. The Morgan fingerprint density at radius 3 is 2.61 bits per heavy atom. The highest BCUT2D eigenvalue weighted by Gasteiger charge is 2.15. The van der Waals surface area contributed by atoms with Gasteiger partial charge in [-0.15, -0.1) is 0 Å². The van der Waals surface area contributed by atoms with E-state index in [-0.39, 0.29) is 23.1 Å². The number of benzene rings is 1. The first-order chi connectivity index (χ1) is 8.45. The fourth-order valence-corrected chi connectivity index (χ4v) is 1.57. The first-order valence-corrected chi connectivity index (χ1v) is 5.79. The van der Waals surface area contributed by atoms with E-state index in [1.54, 1.807) is 6.92 Å². The molecule has 0 saturated carbocycles. The zero-order chi connectivity index (χ0) is 13.7. The summed E-state index contributed by atoms with van der Waals surface area (Å²) in [5, 5.41) is 11.1. The lowest BCUT2D eigenvalue weighted by Gasteiger charge is -2.11. The average Bonchev–Trinajstić information content (AvgIpc) is 2.31. The van der Waals surface area contributed by atoms with Crippen molar-refractivity contribution < 1.29 is 19.1 Å². The van der Waals surface area contributed by atoms with E-state index < -0.39 is 11.8 Å². The molecular weight excluding hydrogens is 237 g/mol. The molecule has 0 radical (unpaired) electrons. The molecule has 1 unspecified atom stereocenters. The smallest absolute Gasteiger partial charge is 0.335 e. The van der Waals surface area contributed by atoms with Gasteiger partial charge in [-0.3, -0.25) is 4.79 Å². The lowest BCUT2D eigenvalue weighted by atomic mass is 10.1. The van der Waals surface area contributed by atoms with Gasteiger partial charge in [-0.2, -0.15) is 0 Å². The zero-order valence-corrected chi connectivity index (χ0v) is 10.4. The number of carboxylic acids is 1. The zero-order valence-electron chi connectivity index (χ0n) is 10.4. The van der Waals surface area contributed by atoms with Crippen molar-refractivity contribution in [3.63, 3.8) is 0 Å². The fraction of sp³-hybridized carbons (Fsp3) is 0.385. The summed E-state index contributed by atoms with van der Waals surface area (Å²) in [5.41, 5.74) is -0.139. The van der Waals surface area contributed by atoms with Crippen molar-refractivity contribution >= 4 is 17.6 Å². The topological polar surface area (TPSA) is 66.4 Å². The predicted octanol–water partition coefficient (Wildman–Crippen LogP) is 2.90. The highest BCUT2D eigenvalue weighted by molar-refractivity contribution is 5.93. The molecule has 5 heteroatoms. The molecule has 0 aliphatic heterocycles. The Bertz CT molecular complexity index is 460. The van der Waals surface area contributed by atoms with Crippen LogP contribution in [0.15, 0.2) is 18.2 Å². The van der Waals surface area contributed by atoms with Crippen LogP contribution < -0.4 is 5.32 Å². The number of rotatable bonds is 5. The van der Waals surface area contributed by atoms with Crippen molar-refractivity contribution in [2.75, 3.05) is 5.32 Å². The molecule has 0 aliphatic rings. The van der Waals surface area contributed by atoms with Crippen LogP contribution in [0, 0.1) is 11.7 Å². The third kappa shape index (κ3) is 3.55. The quantitative estimate of drug-likeness (QED) is 0.847. The predicted molar refractivity (Wildman–Crippen MR) is 66.1 cm³/mol. The first-order valence-electron chi connectivity index (χ1n) is 5.79. The highest BCUT2D eigenvalue weighted by Crippen LogP contribution is 2.17. The molecule has 98 valence electrons. The van der Waals surface area contributed by atoms with Crippen LogP contribution in [0.2, 0.25) is 0 Å². The molecular formula is C13H16FNO3. The third-order valence-corrected chi connectivity index (χ3v) is 2.64. The number of aromatic carboxylic acids is 1. The number of anilines is 1. The van der Waals surface area contributed by atoms with E-state index in [0.717, 1.165) is 18.9 Å². The highest BCUT2D eigenvalue weighted by atomic mass is 19.1. The second kappa shape index (κ2) is 6.14. The molecule has 18 heavy (non-hydrogen) atoms. The Morgan fingerprint density at radius 2 is 2.11 bits per heavy atom. The number of carbonyl (C=O) groups is 2. The van der Waals surface area contributed by atoms with Crippen LogP contribution in [0.25, 0.3) is 0 Å². The molecule has 1 aromatic rings. The van der Waals surface area contributed by atoms with Gasteiger partial charge in [0.25, 0.3) is 0 Å². The minimum atomic E-state index is -1.20. The van der Waals surface area contributed by atoms with Gasteiger partial charge < -0.3 is 10.4 Å². The number of halogens is 1. The minimum Gasteiger partial charge on any atom is -0.478 e. The van der Waals surface area contributed by atoms with Crippen molar-refractivity contribution in [2.45, 2.75) is 26.7 Å². The molecule has 0 fully saturated rings. The molecule has 2 N–H and O–H groups in total. The minimum absolute atomic E-state index is 0.00736. The molecule has 1 aromatic carbocycles. The van der Waals surface area contributed by atoms with Gasteiger partial charge in [0.1, 0.15) is 5.82 Å². The van der Waals surface area contributed by atoms with E-state index in [4.69, 9.17) is 5.11 Å². The summed E-state index contributed by atoms with van der Waals surface area (Å²) in [7, 11) is 0. The first kappa shape index (κ1) is 14.2. The molecule has 4 nitrogen and oxygen atoms in total. The van der Waals surface area contributed by atoms with Crippen LogP contribution in [0.4, 0.5) is 10.1 Å². The van der Waals surface area contributed by atoms with Gasteiger partial charge >= 0.3 is 5.97 Å². The summed E-state index contributed by atoms with van der Waals surface area (Å²) in [5.74, 6) is -2.41. The average molecular weight is 253 g/mol. The van der Waals surface area contributed by atoms with Crippen LogP contribution in [-0.2, 0) is 4.79 Å². The molecule has 0 spiro atoms. The maximum atomic E-state index is 13.5. The van der Waals surface area contributed by atoms with Gasteiger partial charge in [0, 0.05) is 5.92 Å². The van der Waals surface area contributed by atoms with Crippen molar-refractivity contribution in [3.05, 3.63) is 29.6 Å². The van der Waals surface area contributed by atoms with Crippen molar-refractivity contribution in [2.24, 2.45) is 5.92 Å². The number of carbonyl (C=O) groups excluding carboxylic acids is 1. The number of nitrogens with one attached hydrogen (secondary N) is 1. The van der Waals surface area contributed by atoms with Crippen LogP contribution in [0.5, 0.6) is 0 Å². The molecule has 0 aromatic heterocycles. The Labute approximate surface area is 105 Å². The second-order valence-electron chi connectivity index (χ2n) is 4.18. The third-order valence-electron chi connectivity index (χ3n) is 2.64. The molecule has 0 heterocycles.